The topological polar surface area (TPSA) is 108 Å². The van der Waals surface area contributed by atoms with Gasteiger partial charge in [0.2, 0.25) is 5.91 Å². The first kappa shape index (κ1) is 86.0. The summed E-state index contributed by atoms with van der Waals surface area (Å²) in [6, 6.07) is -0.902. The van der Waals surface area contributed by atoms with Crippen molar-refractivity contribution in [2.75, 3.05) is 40.9 Å². The van der Waals surface area contributed by atoms with Crippen LogP contribution in [0.1, 0.15) is 418 Å². The number of rotatable bonds is 74. The molecule has 0 aromatic carbocycles. The molecule has 3 atom stereocenters. The average molecular weight is 1250 g/mol. The smallest absolute Gasteiger partial charge is 0.268 e. The van der Waals surface area contributed by atoms with Crippen molar-refractivity contribution < 1.29 is 32.9 Å². The van der Waals surface area contributed by atoms with Crippen molar-refractivity contribution in [3.05, 3.63) is 24.3 Å². The van der Waals surface area contributed by atoms with Gasteiger partial charge in [0.25, 0.3) is 7.82 Å². The normalized spacial score (nSPS) is 13.6. The first-order valence-electron chi connectivity index (χ1n) is 39.2. The van der Waals surface area contributed by atoms with Gasteiger partial charge in [-0.2, -0.15) is 0 Å². The highest BCUT2D eigenvalue weighted by molar-refractivity contribution is 7.45. The molecule has 0 aliphatic carbocycles. The van der Waals surface area contributed by atoms with Crippen LogP contribution < -0.4 is 10.2 Å². The molecule has 0 heterocycles. The highest BCUT2D eigenvalue weighted by atomic mass is 31.2. The molecule has 0 radical (unpaired) electrons. The zero-order chi connectivity index (χ0) is 63.4. The quantitative estimate of drug-likeness (QED) is 0.0272. The fraction of sp³-hybridized carbons (Fsp3) is 0.936. The summed E-state index contributed by atoms with van der Waals surface area (Å²) >= 11 is 0. The number of hydrogen-bond acceptors (Lipinski definition) is 6. The zero-order valence-electron chi connectivity index (χ0n) is 59.5. The summed E-state index contributed by atoms with van der Waals surface area (Å²) < 4.78 is 23.5. The second kappa shape index (κ2) is 69.3. The monoisotopic (exact) mass is 1250 g/mol. The summed E-state index contributed by atoms with van der Waals surface area (Å²) in [7, 11) is 1.27. The first-order chi connectivity index (χ1) is 42.5. The van der Waals surface area contributed by atoms with Gasteiger partial charge >= 0.3 is 0 Å². The van der Waals surface area contributed by atoms with Crippen LogP contribution in [0.2, 0.25) is 0 Å². The maximum atomic E-state index is 13.1. The Morgan fingerprint density at radius 1 is 0.391 bits per heavy atom. The molecule has 9 heteroatoms. The lowest BCUT2D eigenvalue weighted by atomic mass is 10.0. The van der Waals surface area contributed by atoms with E-state index in [1.54, 1.807) is 6.08 Å². The maximum Gasteiger partial charge on any atom is 0.268 e. The highest BCUT2D eigenvalue weighted by Crippen LogP contribution is 2.38. The van der Waals surface area contributed by atoms with Crippen molar-refractivity contribution in [2.24, 2.45) is 0 Å². The van der Waals surface area contributed by atoms with Crippen LogP contribution in [0, 0.1) is 0 Å². The van der Waals surface area contributed by atoms with Gasteiger partial charge in [0, 0.05) is 6.42 Å². The van der Waals surface area contributed by atoms with Crippen molar-refractivity contribution in [2.45, 2.75) is 431 Å². The van der Waals surface area contributed by atoms with E-state index < -0.39 is 20.0 Å². The van der Waals surface area contributed by atoms with E-state index in [0.717, 1.165) is 38.5 Å². The second-order valence-corrected chi connectivity index (χ2v) is 29.8. The molecule has 0 bridgehead atoms. The van der Waals surface area contributed by atoms with Gasteiger partial charge in [0.05, 0.1) is 39.9 Å². The number of quaternary nitrogens is 1. The third-order valence-corrected chi connectivity index (χ3v) is 19.4. The van der Waals surface area contributed by atoms with Crippen LogP contribution >= 0.6 is 7.82 Å². The Kier molecular flexibility index (Phi) is 68.5. The Bertz CT molecular complexity index is 1470. The van der Waals surface area contributed by atoms with Crippen molar-refractivity contribution in [3.63, 3.8) is 0 Å². The number of phosphoric ester groups is 1. The van der Waals surface area contributed by atoms with E-state index in [1.807, 2.05) is 27.2 Å². The number of nitrogens with zero attached hydrogens (tertiary/aromatic N) is 1. The predicted molar refractivity (Wildman–Crippen MR) is 381 cm³/mol. The van der Waals surface area contributed by atoms with Crippen LogP contribution in [-0.2, 0) is 18.4 Å². The number of carbonyl (C=O) groups is 1. The van der Waals surface area contributed by atoms with Crippen molar-refractivity contribution in [3.8, 4) is 0 Å². The minimum Gasteiger partial charge on any atom is -0.756 e. The number of phosphoric acid groups is 1. The number of nitrogens with one attached hydrogen (secondary N) is 1. The maximum absolute atomic E-state index is 13.1. The molecule has 0 fully saturated rings. The van der Waals surface area contributed by atoms with Crippen molar-refractivity contribution >= 4 is 13.7 Å². The minimum atomic E-state index is -4.61. The number of unbranched alkanes of at least 4 members (excludes halogenated alkanes) is 59. The highest BCUT2D eigenvalue weighted by Gasteiger charge is 2.23. The molecule has 1 amide bonds. The van der Waals surface area contributed by atoms with Gasteiger partial charge in [0.1, 0.15) is 13.2 Å². The molecule has 2 N–H and O–H groups in total. The van der Waals surface area contributed by atoms with E-state index in [9.17, 15) is 19.4 Å². The van der Waals surface area contributed by atoms with E-state index in [-0.39, 0.29) is 19.1 Å². The molecular formula is C78H155N2O6P. The number of allylic oxidation sites excluding steroid dienone is 3. The fourth-order valence-corrected chi connectivity index (χ4v) is 13.1. The van der Waals surface area contributed by atoms with E-state index in [2.05, 4.69) is 31.3 Å². The number of aliphatic hydroxyl groups is 1. The van der Waals surface area contributed by atoms with E-state index in [0.29, 0.717) is 17.4 Å². The van der Waals surface area contributed by atoms with Crippen LogP contribution in [0.5, 0.6) is 0 Å². The standard InChI is InChI=1S/C78H155N2O6P/c1-6-8-10-12-14-16-18-20-22-24-26-28-30-32-34-36-37-38-39-40-41-42-43-44-46-48-50-52-54-56-58-60-62-64-66-68-70-72-78(82)79-76(75-86-87(83,84)85-74-73-80(3,4)5)77(81)71-69-67-65-63-61-59-57-55-53-51-49-47-45-35-33-31-29-27-25-23-21-19-17-15-13-11-9-7-2/h61,63,69,71,76-77,81H,6-60,62,64-68,70,72-75H2,1-5H3,(H-,79,82,83,84)/b63-61+,71-69+. The third kappa shape index (κ3) is 72.3. The van der Waals surface area contributed by atoms with Crippen molar-refractivity contribution in [1.82, 2.24) is 5.32 Å². The van der Waals surface area contributed by atoms with Crippen LogP contribution in [0.3, 0.4) is 0 Å². The van der Waals surface area contributed by atoms with Crippen LogP contribution in [0.4, 0.5) is 0 Å². The van der Waals surface area contributed by atoms with Gasteiger partial charge in [-0.3, -0.25) is 9.36 Å². The third-order valence-electron chi connectivity index (χ3n) is 18.4. The predicted octanol–water partition coefficient (Wildman–Crippen LogP) is 24.8. The molecule has 518 valence electrons. The molecule has 0 saturated carbocycles. The summed E-state index contributed by atoms with van der Waals surface area (Å²) in [6.07, 6.45) is 92.1. The molecule has 0 aliphatic rings. The van der Waals surface area contributed by atoms with Gasteiger partial charge in [-0.15, -0.1) is 0 Å². The average Bonchev–Trinajstić information content (AvgIpc) is 3.69. The largest absolute Gasteiger partial charge is 0.756 e. The molecule has 0 aromatic heterocycles. The summed E-state index contributed by atoms with van der Waals surface area (Å²) in [5, 5.41) is 14.0. The number of hydrogen-bond donors (Lipinski definition) is 2. The molecular weight excluding hydrogens is 1090 g/mol. The number of carbonyl (C=O) groups excluding carboxylic acids is 1. The van der Waals surface area contributed by atoms with Crippen molar-refractivity contribution in [1.29, 1.82) is 0 Å². The van der Waals surface area contributed by atoms with E-state index in [1.165, 1.54) is 360 Å². The molecule has 0 spiro atoms. The Balaban J connectivity index is 3.96. The lowest BCUT2D eigenvalue weighted by Gasteiger charge is -2.29. The van der Waals surface area contributed by atoms with Crippen LogP contribution in [0.25, 0.3) is 0 Å². The van der Waals surface area contributed by atoms with Gasteiger partial charge < -0.3 is 28.8 Å². The van der Waals surface area contributed by atoms with E-state index in [4.69, 9.17) is 9.05 Å². The zero-order valence-corrected chi connectivity index (χ0v) is 60.4. The van der Waals surface area contributed by atoms with Gasteiger partial charge in [-0.1, -0.05) is 404 Å². The van der Waals surface area contributed by atoms with Gasteiger partial charge in [-0.05, 0) is 32.1 Å². The number of amides is 1. The SMILES string of the molecule is CCCCCCCCCCCCCCCCCCCCCCCC/C=C/CC/C=C/C(O)C(COP(=O)([O-])OCC[N+](C)(C)C)NC(=O)CCCCCCCCCCCCCCCCCCCCCCCCCCCCCCCCCCCCCCC. The van der Waals surface area contributed by atoms with Gasteiger partial charge in [-0.25, -0.2) is 0 Å². The Morgan fingerprint density at radius 2 is 0.644 bits per heavy atom. The van der Waals surface area contributed by atoms with Crippen LogP contribution in [-0.4, -0.2) is 68.5 Å². The van der Waals surface area contributed by atoms with E-state index >= 15 is 0 Å². The molecule has 0 aliphatic heterocycles. The second-order valence-electron chi connectivity index (χ2n) is 28.4. The minimum absolute atomic E-state index is 0.00329. The molecule has 0 aromatic rings. The lowest BCUT2D eigenvalue weighted by Crippen LogP contribution is -2.45. The summed E-state index contributed by atoms with van der Waals surface area (Å²) in [5.74, 6) is -0.197. The molecule has 3 unspecified atom stereocenters. The molecule has 87 heavy (non-hydrogen) atoms. The number of aliphatic hydroxyl groups excluding tert-OH is 1. The Labute approximate surface area is 545 Å². The fourth-order valence-electron chi connectivity index (χ4n) is 12.4. The van der Waals surface area contributed by atoms with Gasteiger partial charge in [0.15, 0.2) is 0 Å². The number of likely N-dealkylation sites (N-methyl/N-ethyl adjacent to an activating group) is 1. The molecule has 0 rings (SSSR count). The summed E-state index contributed by atoms with van der Waals surface area (Å²) in [4.78, 5) is 25.7. The summed E-state index contributed by atoms with van der Waals surface area (Å²) in [6.45, 7) is 4.71. The molecule has 0 saturated heterocycles. The Hall–Kier alpha value is -1.02. The lowest BCUT2D eigenvalue weighted by molar-refractivity contribution is -0.870. The summed E-state index contributed by atoms with van der Waals surface area (Å²) in [5.41, 5.74) is 0. The first-order valence-corrected chi connectivity index (χ1v) is 40.7. The molecule has 8 nitrogen and oxygen atoms in total. The Morgan fingerprint density at radius 3 is 0.931 bits per heavy atom. The van der Waals surface area contributed by atoms with Crippen LogP contribution in [0.15, 0.2) is 24.3 Å².